The number of hydrogen-bond donors (Lipinski definition) is 1. The van der Waals surface area contributed by atoms with E-state index in [2.05, 4.69) is 47.9 Å². The number of anilines is 1. The Labute approximate surface area is 238 Å². The van der Waals surface area contributed by atoms with Crippen molar-refractivity contribution in [1.29, 1.82) is 0 Å². The summed E-state index contributed by atoms with van der Waals surface area (Å²) in [5, 5.41) is 8.98. The number of carbonyl (C=O) groups is 2. The molecule has 212 valence electrons. The molecule has 1 aromatic rings. The molecule has 5 heteroatoms. The van der Waals surface area contributed by atoms with Gasteiger partial charge in [0.15, 0.2) is 5.78 Å². The van der Waals surface area contributed by atoms with Crippen LogP contribution in [-0.2, 0) is 9.59 Å². The number of carbonyl (C=O) groups excluding carboxylic acids is 2. The molecular formula is C35H42FNO3. The third-order valence-corrected chi connectivity index (χ3v) is 10.9. The van der Waals surface area contributed by atoms with Gasteiger partial charge < -0.3 is 10.0 Å². The summed E-state index contributed by atoms with van der Waals surface area (Å²) in [4.78, 5) is 28.3. The first kappa shape index (κ1) is 27.5. The van der Waals surface area contributed by atoms with Gasteiger partial charge in [0.1, 0.15) is 18.6 Å². The fraction of sp³-hybridized carbons (Fsp3) is 0.600. The first-order valence-corrected chi connectivity index (χ1v) is 15.5. The maximum Gasteiger partial charge on any atom is 0.156 e. The van der Waals surface area contributed by atoms with E-state index in [1.807, 2.05) is 0 Å². The lowest BCUT2D eigenvalue weighted by Gasteiger charge is -2.53. The van der Waals surface area contributed by atoms with Gasteiger partial charge in [-0.3, -0.25) is 9.59 Å². The monoisotopic (exact) mass is 543 g/mol. The summed E-state index contributed by atoms with van der Waals surface area (Å²) in [6.45, 7) is 4.33. The number of ketones is 2. The first-order valence-electron chi connectivity index (χ1n) is 15.5. The van der Waals surface area contributed by atoms with Crippen LogP contribution >= 0.6 is 0 Å². The lowest BCUT2D eigenvalue weighted by molar-refractivity contribution is -0.127. The van der Waals surface area contributed by atoms with Crippen LogP contribution in [0.2, 0.25) is 0 Å². The maximum atomic E-state index is 15.8. The van der Waals surface area contributed by atoms with Crippen molar-refractivity contribution in [2.24, 2.45) is 23.2 Å². The molecule has 1 saturated heterocycles. The summed E-state index contributed by atoms with van der Waals surface area (Å²) in [5.41, 5.74) is 5.43. The lowest BCUT2D eigenvalue weighted by atomic mass is 9.51. The largest absolute Gasteiger partial charge is 0.384 e. The van der Waals surface area contributed by atoms with E-state index in [-0.39, 0.29) is 47.3 Å². The van der Waals surface area contributed by atoms with E-state index in [0.717, 1.165) is 37.9 Å². The van der Waals surface area contributed by atoms with Crippen molar-refractivity contribution in [2.45, 2.75) is 89.6 Å². The Bertz CT molecular complexity index is 1280. The molecule has 0 bridgehead atoms. The second-order valence-corrected chi connectivity index (χ2v) is 12.9. The van der Waals surface area contributed by atoms with E-state index in [1.165, 1.54) is 36.1 Å². The van der Waals surface area contributed by atoms with Crippen molar-refractivity contribution >= 4 is 17.3 Å². The van der Waals surface area contributed by atoms with Crippen molar-refractivity contribution in [2.75, 3.05) is 24.6 Å². The standard InChI is InChI=1S/C35H42FNO3/c1-35-22-29(23-9-11-24(12-10-23)37-17-5-3-6-18-37)34-26-14-13-25(39)20-27(26)32(36)21-28(34)30(35)15-16-31(35)33(40)8-4-2-7-19-38/h9-12,20,28-32,38H,3-6,8,13-19,21-22H2,1H3/t28-,29+,30-,31+,32?,35-/m0/s1. The Morgan fingerprint density at radius 3 is 2.62 bits per heavy atom. The molecule has 1 aromatic carbocycles. The lowest BCUT2D eigenvalue weighted by Crippen LogP contribution is -2.46. The topological polar surface area (TPSA) is 57.6 Å². The fourth-order valence-electron chi connectivity index (χ4n) is 9.03. The number of fused-ring (bicyclic) bond motifs is 4. The Hall–Kier alpha value is -2.71. The Balaban J connectivity index is 1.38. The van der Waals surface area contributed by atoms with E-state index in [1.54, 1.807) is 6.08 Å². The SMILES string of the molecule is C[C@]12C[C@H](c3ccc(N4CCCCC4)cc3)C3=C4CCC(=O)C=C4C(F)C[C@H]3[C@@H]1CC[C@@H]2C(=O)CCC#CCO. The molecule has 1 unspecified atom stereocenters. The summed E-state index contributed by atoms with van der Waals surface area (Å²) in [5.74, 6) is 6.34. The molecule has 0 amide bonds. The molecule has 2 saturated carbocycles. The van der Waals surface area contributed by atoms with E-state index < -0.39 is 6.17 Å². The van der Waals surface area contributed by atoms with Crippen molar-refractivity contribution in [3.63, 3.8) is 0 Å². The number of alkyl halides is 1. The molecule has 6 rings (SSSR count). The van der Waals surface area contributed by atoms with Gasteiger partial charge in [-0.2, -0.15) is 0 Å². The average molecular weight is 544 g/mol. The van der Waals surface area contributed by atoms with Crippen molar-refractivity contribution in [3.8, 4) is 11.8 Å². The van der Waals surface area contributed by atoms with Gasteiger partial charge in [-0.1, -0.05) is 30.6 Å². The number of allylic oxidation sites excluding steroid dienone is 4. The molecule has 40 heavy (non-hydrogen) atoms. The highest BCUT2D eigenvalue weighted by atomic mass is 19.1. The number of nitrogens with zero attached hydrogens (tertiary/aromatic N) is 1. The highest BCUT2D eigenvalue weighted by molar-refractivity contribution is 5.93. The molecule has 1 heterocycles. The third-order valence-electron chi connectivity index (χ3n) is 10.9. The van der Waals surface area contributed by atoms with Gasteiger partial charge in [-0.15, -0.1) is 5.92 Å². The molecule has 0 radical (unpaired) electrons. The number of Topliss-reactive ketones (excluding diaryl/α,β-unsaturated/α-hetero) is 1. The van der Waals surface area contributed by atoms with Crippen LogP contribution in [0.3, 0.4) is 0 Å². The summed E-state index contributed by atoms with van der Waals surface area (Å²) in [6, 6.07) is 9.07. The Kier molecular flexibility index (Phi) is 7.75. The zero-order chi connectivity index (χ0) is 27.9. The van der Waals surface area contributed by atoms with Crippen LogP contribution in [0, 0.1) is 35.0 Å². The maximum absolute atomic E-state index is 15.8. The normalized spacial score (nSPS) is 33.4. The van der Waals surface area contributed by atoms with Gasteiger partial charge in [0.25, 0.3) is 0 Å². The number of halogens is 1. The van der Waals surface area contributed by atoms with Crippen LogP contribution in [0.5, 0.6) is 0 Å². The van der Waals surface area contributed by atoms with Crippen LogP contribution in [0.25, 0.3) is 0 Å². The number of piperidine rings is 1. The molecule has 1 N–H and O–H groups in total. The number of benzene rings is 1. The molecule has 0 spiro atoms. The Morgan fingerprint density at radius 1 is 1.10 bits per heavy atom. The number of hydrogen-bond acceptors (Lipinski definition) is 4. The average Bonchev–Trinajstić information content (AvgIpc) is 3.33. The van der Waals surface area contributed by atoms with Crippen molar-refractivity contribution in [3.05, 3.63) is 52.6 Å². The summed E-state index contributed by atoms with van der Waals surface area (Å²) < 4.78 is 15.8. The number of aliphatic hydroxyl groups is 1. The molecular weight excluding hydrogens is 501 g/mol. The van der Waals surface area contributed by atoms with Crippen LogP contribution in [-0.4, -0.2) is 42.5 Å². The minimum Gasteiger partial charge on any atom is -0.384 e. The smallest absolute Gasteiger partial charge is 0.156 e. The van der Waals surface area contributed by atoms with Crippen LogP contribution in [0.15, 0.2) is 47.1 Å². The van der Waals surface area contributed by atoms with E-state index in [9.17, 15) is 9.59 Å². The fourth-order valence-corrected chi connectivity index (χ4v) is 9.03. The first-order chi connectivity index (χ1) is 19.4. The van der Waals surface area contributed by atoms with E-state index in [0.29, 0.717) is 37.7 Å². The van der Waals surface area contributed by atoms with Gasteiger partial charge in [-0.25, -0.2) is 4.39 Å². The summed E-state index contributed by atoms with van der Waals surface area (Å²) in [6.07, 6.45) is 9.34. The van der Waals surface area contributed by atoms with Crippen LogP contribution in [0.4, 0.5) is 10.1 Å². The summed E-state index contributed by atoms with van der Waals surface area (Å²) in [7, 11) is 0. The molecule has 1 aliphatic heterocycles. The van der Waals surface area contributed by atoms with Crippen LogP contribution in [0.1, 0.15) is 89.0 Å². The van der Waals surface area contributed by atoms with Crippen LogP contribution < -0.4 is 4.90 Å². The zero-order valence-corrected chi connectivity index (χ0v) is 23.8. The minimum atomic E-state index is -1.11. The van der Waals surface area contributed by atoms with Gasteiger partial charge >= 0.3 is 0 Å². The molecule has 5 aliphatic rings. The zero-order valence-electron chi connectivity index (χ0n) is 23.8. The molecule has 0 aromatic heterocycles. The molecule has 4 nitrogen and oxygen atoms in total. The summed E-state index contributed by atoms with van der Waals surface area (Å²) >= 11 is 0. The number of aliphatic hydroxyl groups excluding tert-OH is 1. The molecule has 6 atom stereocenters. The number of rotatable bonds is 5. The highest BCUT2D eigenvalue weighted by Crippen LogP contribution is 2.66. The van der Waals surface area contributed by atoms with Gasteiger partial charge in [0.2, 0.25) is 0 Å². The second kappa shape index (κ2) is 11.3. The third kappa shape index (κ3) is 4.87. The van der Waals surface area contributed by atoms with Gasteiger partial charge in [0.05, 0.1) is 0 Å². The second-order valence-electron chi connectivity index (χ2n) is 12.9. The quantitative estimate of drug-likeness (QED) is 0.432. The molecule has 3 fully saturated rings. The van der Waals surface area contributed by atoms with Gasteiger partial charge in [0, 0.05) is 49.9 Å². The van der Waals surface area contributed by atoms with Crippen molar-refractivity contribution < 1.29 is 19.1 Å². The predicted molar refractivity (Wildman–Crippen MR) is 156 cm³/mol. The minimum absolute atomic E-state index is 0.0411. The highest BCUT2D eigenvalue weighted by Gasteiger charge is 2.58. The Morgan fingerprint density at radius 2 is 1.88 bits per heavy atom. The van der Waals surface area contributed by atoms with E-state index >= 15 is 4.39 Å². The van der Waals surface area contributed by atoms with Crippen molar-refractivity contribution in [1.82, 2.24) is 0 Å². The predicted octanol–water partition coefficient (Wildman–Crippen LogP) is 6.49. The van der Waals surface area contributed by atoms with E-state index in [4.69, 9.17) is 5.11 Å². The molecule has 4 aliphatic carbocycles. The van der Waals surface area contributed by atoms with Gasteiger partial charge in [-0.05, 0) is 104 Å².